The SMILES string of the molecule is Cn1ncnc1CS(=O)c1cc(N)ccc1Cl. The molecule has 1 unspecified atom stereocenters. The molecular weight excluding hydrogens is 260 g/mol. The van der Waals surface area contributed by atoms with Gasteiger partial charge in [-0.3, -0.25) is 8.89 Å². The van der Waals surface area contributed by atoms with E-state index in [2.05, 4.69) is 10.1 Å². The first kappa shape index (κ1) is 12.1. The molecule has 0 bridgehead atoms. The van der Waals surface area contributed by atoms with Gasteiger partial charge in [-0.25, -0.2) is 4.98 Å². The van der Waals surface area contributed by atoms with E-state index in [1.54, 1.807) is 29.9 Å². The molecule has 90 valence electrons. The predicted molar refractivity (Wildman–Crippen MR) is 67.0 cm³/mol. The number of aryl methyl sites for hydroxylation is 1. The van der Waals surface area contributed by atoms with Crippen LogP contribution in [0.4, 0.5) is 5.69 Å². The number of aromatic nitrogens is 3. The zero-order valence-electron chi connectivity index (χ0n) is 9.13. The second-order valence-electron chi connectivity index (χ2n) is 3.48. The number of benzene rings is 1. The van der Waals surface area contributed by atoms with Crippen molar-refractivity contribution in [1.82, 2.24) is 14.8 Å². The first-order valence-electron chi connectivity index (χ1n) is 4.84. The van der Waals surface area contributed by atoms with E-state index in [1.807, 2.05) is 0 Å². The lowest BCUT2D eigenvalue weighted by atomic mass is 10.3. The van der Waals surface area contributed by atoms with E-state index >= 15 is 0 Å². The molecule has 1 aromatic carbocycles. The highest BCUT2D eigenvalue weighted by molar-refractivity contribution is 7.84. The van der Waals surface area contributed by atoms with Crippen LogP contribution >= 0.6 is 11.6 Å². The van der Waals surface area contributed by atoms with Gasteiger partial charge in [0.15, 0.2) is 0 Å². The van der Waals surface area contributed by atoms with Crippen LogP contribution in [-0.4, -0.2) is 19.0 Å². The van der Waals surface area contributed by atoms with Gasteiger partial charge < -0.3 is 5.73 Å². The van der Waals surface area contributed by atoms with Crippen LogP contribution in [-0.2, 0) is 23.6 Å². The van der Waals surface area contributed by atoms with Crippen molar-refractivity contribution in [1.29, 1.82) is 0 Å². The number of halogens is 1. The fourth-order valence-electron chi connectivity index (χ4n) is 1.34. The van der Waals surface area contributed by atoms with E-state index in [1.165, 1.54) is 6.33 Å². The lowest BCUT2D eigenvalue weighted by Crippen LogP contribution is -2.05. The summed E-state index contributed by atoms with van der Waals surface area (Å²) in [5, 5.41) is 4.36. The van der Waals surface area contributed by atoms with Crippen LogP contribution in [0.3, 0.4) is 0 Å². The average molecular weight is 271 g/mol. The van der Waals surface area contributed by atoms with Crippen molar-refractivity contribution in [2.75, 3.05) is 5.73 Å². The lowest BCUT2D eigenvalue weighted by molar-refractivity contribution is 0.675. The Labute approximate surface area is 106 Å². The third kappa shape index (κ3) is 2.65. The van der Waals surface area contributed by atoms with Gasteiger partial charge in [0, 0.05) is 12.7 Å². The third-order valence-electron chi connectivity index (χ3n) is 2.27. The minimum atomic E-state index is -1.28. The first-order chi connectivity index (χ1) is 8.08. The Balaban J connectivity index is 2.26. The van der Waals surface area contributed by atoms with Crippen molar-refractivity contribution in [2.24, 2.45) is 7.05 Å². The Morgan fingerprint density at radius 1 is 1.53 bits per heavy atom. The van der Waals surface area contributed by atoms with Crippen LogP contribution < -0.4 is 5.73 Å². The first-order valence-corrected chi connectivity index (χ1v) is 6.54. The summed E-state index contributed by atoms with van der Waals surface area (Å²) >= 11 is 5.98. The minimum absolute atomic E-state index is 0.264. The molecule has 0 saturated heterocycles. The molecule has 0 fully saturated rings. The molecular formula is C10H11ClN4OS. The summed E-state index contributed by atoms with van der Waals surface area (Å²) in [5.41, 5.74) is 6.18. The molecule has 1 atom stereocenters. The lowest BCUT2D eigenvalue weighted by Gasteiger charge is -2.05. The summed E-state index contributed by atoms with van der Waals surface area (Å²) in [6.45, 7) is 0. The summed E-state index contributed by atoms with van der Waals surface area (Å²) in [6.07, 6.45) is 1.42. The van der Waals surface area contributed by atoms with Crippen LogP contribution in [0.25, 0.3) is 0 Å². The number of nitrogens with zero attached hydrogens (tertiary/aromatic N) is 3. The molecule has 2 N–H and O–H groups in total. The number of anilines is 1. The molecule has 2 rings (SSSR count). The summed E-state index contributed by atoms with van der Waals surface area (Å²) in [5.74, 6) is 0.904. The smallest absolute Gasteiger partial charge is 0.139 e. The maximum absolute atomic E-state index is 12.1. The highest BCUT2D eigenvalue weighted by Crippen LogP contribution is 2.23. The Morgan fingerprint density at radius 3 is 2.94 bits per heavy atom. The number of rotatable bonds is 3. The van der Waals surface area contributed by atoms with Gasteiger partial charge >= 0.3 is 0 Å². The molecule has 0 aliphatic rings. The average Bonchev–Trinajstić information content (AvgIpc) is 2.68. The number of hydrogen-bond acceptors (Lipinski definition) is 4. The molecule has 17 heavy (non-hydrogen) atoms. The molecule has 5 nitrogen and oxygen atoms in total. The van der Waals surface area contributed by atoms with Gasteiger partial charge in [-0.2, -0.15) is 5.10 Å². The Kier molecular flexibility index (Phi) is 3.44. The molecule has 1 heterocycles. The fourth-order valence-corrected chi connectivity index (χ4v) is 2.92. The third-order valence-corrected chi connectivity index (χ3v) is 4.06. The topological polar surface area (TPSA) is 73.8 Å². The molecule has 0 aliphatic carbocycles. The highest BCUT2D eigenvalue weighted by atomic mass is 35.5. The number of nitrogen functional groups attached to an aromatic ring is 1. The van der Waals surface area contributed by atoms with Crippen LogP contribution in [0.1, 0.15) is 5.82 Å². The zero-order chi connectivity index (χ0) is 12.4. The largest absolute Gasteiger partial charge is 0.399 e. The van der Waals surface area contributed by atoms with Gasteiger partial charge in [-0.05, 0) is 18.2 Å². The maximum atomic E-state index is 12.1. The molecule has 2 aromatic rings. The van der Waals surface area contributed by atoms with Crippen LogP contribution in [0.15, 0.2) is 29.4 Å². The van der Waals surface area contributed by atoms with Crippen LogP contribution in [0.2, 0.25) is 5.02 Å². The quantitative estimate of drug-likeness (QED) is 0.855. The van der Waals surface area contributed by atoms with Gasteiger partial charge in [0.1, 0.15) is 12.2 Å². The van der Waals surface area contributed by atoms with Crippen molar-refractivity contribution in [3.63, 3.8) is 0 Å². The van der Waals surface area contributed by atoms with E-state index in [9.17, 15) is 4.21 Å². The van der Waals surface area contributed by atoms with Gasteiger partial charge in [0.2, 0.25) is 0 Å². The van der Waals surface area contributed by atoms with E-state index in [4.69, 9.17) is 17.3 Å². The molecule has 0 saturated carbocycles. The second kappa shape index (κ2) is 4.85. The van der Waals surface area contributed by atoms with Gasteiger partial charge in [-0.15, -0.1) is 0 Å². The number of hydrogen-bond donors (Lipinski definition) is 1. The minimum Gasteiger partial charge on any atom is -0.399 e. The maximum Gasteiger partial charge on any atom is 0.139 e. The summed E-state index contributed by atoms with van der Waals surface area (Å²) < 4.78 is 13.7. The van der Waals surface area contributed by atoms with E-state index in [-0.39, 0.29) is 5.75 Å². The summed E-state index contributed by atoms with van der Waals surface area (Å²) in [6, 6.07) is 4.93. The number of nitrogens with two attached hydrogens (primary N) is 1. The van der Waals surface area contributed by atoms with Gasteiger partial charge in [0.25, 0.3) is 0 Å². The molecule has 0 aliphatic heterocycles. The van der Waals surface area contributed by atoms with E-state index < -0.39 is 10.8 Å². The fraction of sp³-hybridized carbons (Fsp3) is 0.200. The monoisotopic (exact) mass is 270 g/mol. The standard InChI is InChI=1S/C10H11ClN4OS/c1-15-10(13-6-14-15)5-17(16)9-4-7(12)2-3-8(9)11/h2-4,6H,5,12H2,1H3. The molecule has 7 heteroatoms. The summed E-state index contributed by atoms with van der Waals surface area (Å²) in [4.78, 5) is 4.54. The normalized spacial score (nSPS) is 12.6. The predicted octanol–water partition coefficient (Wildman–Crippen LogP) is 1.36. The Morgan fingerprint density at radius 2 is 2.29 bits per heavy atom. The molecule has 0 amide bonds. The van der Waals surface area contributed by atoms with Crippen molar-refractivity contribution < 1.29 is 4.21 Å². The second-order valence-corrected chi connectivity index (χ2v) is 5.31. The van der Waals surface area contributed by atoms with Crippen molar-refractivity contribution >= 4 is 28.1 Å². The molecule has 1 aromatic heterocycles. The van der Waals surface area contributed by atoms with Crippen molar-refractivity contribution in [2.45, 2.75) is 10.6 Å². The van der Waals surface area contributed by atoms with Gasteiger partial charge in [-0.1, -0.05) is 11.6 Å². The van der Waals surface area contributed by atoms with Gasteiger partial charge in [0.05, 0.1) is 26.5 Å². The zero-order valence-corrected chi connectivity index (χ0v) is 10.7. The Bertz CT molecular complexity index is 569. The summed E-state index contributed by atoms with van der Waals surface area (Å²) in [7, 11) is 0.470. The highest BCUT2D eigenvalue weighted by Gasteiger charge is 2.12. The van der Waals surface area contributed by atoms with Crippen LogP contribution in [0.5, 0.6) is 0 Å². The van der Waals surface area contributed by atoms with E-state index in [0.29, 0.717) is 21.4 Å². The van der Waals surface area contributed by atoms with Crippen molar-refractivity contribution in [3.8, 4) is 0 Å². The Hall–Kier alpha value is -1.40. The van der Waals surface area contributed by atoms with Crippen molar-refractivity contribution in [3.05, 3.63) is 35.4 Å². The molecule has 0 radical (unpaired) electrons. The van der Waals surface area contributed by atoms with Crippen LogP contribution in [0, 0.1) is 0 Å². The van der Waals surface area contributed by atoms with E-state index in [0.717, 1.165) is 0 Å². The molecule has 0 spiro atoms.